The van der Waals surface area contributed by atoms with Crippen molar-refractivity contribution in [2.45, 2.75) is 232 Å². The molecule has 0 aromatic carbocycles. The van der Waals surface area contributed by atoms with E-state index in [0.29, 0.717) is 12.8 Å². The summed E-state index contributed by atoms with van der Waals surface area (Å²) in [4.78, 5) is 35.1. The van der Waals surface area contributed by atoms with E-state index >= 15 is 0 Å². The van der Waals surface area contributed by atoms with Crippen LogP contribution < -0.4 is 5.32 Å². The maximum absolute atomic E-state index is 12.8. The second kappa shape index (κ2) is 43.1. The predicted molar refractivity (Wildman–Crippen MR) is 231 cm³/mol. The van der Waals surface area contributed by atoms with E-state index in [9.17, 15) is 14.4 Å². The van der Waals surface area contributed by atoms with Crippen molar-refractivity contribution in [3.8, 4) is 0 Å². The fourth-order valence-electron chi connectivity index (χ4n) is 6.58. The minimum absolute atomic E-state index is 0.00202. The Morgan fingerprint density at radius 1 is 0.481 bits per heavy atom. The molecule has 0 saturated carbocycles. The van der Waals surface area contributed by atoms with Crippen molar-refractivity contribution in [3.63, 3.8) is 0 Å². The summed E-state index contributed by atoms with van der Waals surface area (Å²) < 4.78 is 6.03. The van der Waals surface area contributed by atoms with Gasteiger partial charge >= 0.3 is 11.9 Å². The van der Waals surface area contributed by atoms with Gasteiger partial charge in [0.2, 0.25) is 5.91 Å². The van der Waals surface area contributed by atoms with Crippen molar-refractivity contribution in [3.05, 3.63) is 48.6 Å². The second-order valence-corrected chi connectivity index (χ2v) is 15.3. The zero-order valence-corrected chi connectivity index (χ0v) is 35.3. The largest absolute Gasteiger partial charge is 0.480 e. The number of hydrogen-bond acceptors (Lipinski definition) is 4. The number of carboxylic acids is 1. The van der Waals surface area contributed by atoms with Crippen LogP contribution in [0.1, 0.15) is 226 Å². The van der Waals surface area contributed by atoms with E-state index in [4.69, 9.17) is 9.84 Å². The molecule has 312 valence electrons. The lowest BCUT2D eigenvalue weighted by Crippen LogP contribution is -2.28. The molecule has 0 aliphatic heterocycles. The molecule has 0 spiro atoms. The summed E-state index contributed by atoms with van der Waals surface area (Å²) in [5.74, 6) is -1.25. The third-order valence-electron chi connectivity index (χ3n) is 9.97. The van der Waals surface area contributed by atoms with Crippen LogP contribution in [-0.2, 0) is 19.1 Å². The molecule has 1 unspecified atom stereocenters. The third-order valence-corrected chi connectivity index (χ3v) is 9.97. The number of hydrogen-bond donors (Lipinski definition) is 2. The number of rotatable bonds is 41. The Morgan fingerprint density at radius 2 is 0.852 bits per heavy atom. The summed E-state index contributed by atoms with van der Waals surface area (Å²) >= 11 is 0. The summed E-state index contributed by atoms with van der Waals surface area (Å²) in [6.07, 6.45) is 55.2. The monoisotopic (exact) mass is 756 g/mol. The Morgan fingerprint density at radius 3 is 1.33 bits per heavy atom. The van der Waals surface area contributed by atoms with Gasteiger partial charge in [-0.15, -0.1) is 0 Å². The lowest BCUT2D eigenvalue weighted by Gasteiger charge is -2.18. The average Bonchev–Trinajstić information content (AvgIpc) is 3.16. The van der Waals surface area contributed by atoms with Crippen molar-refractivity contribution >= 4 is 17.8 Å². The summed E-state index contributed by atoms with van der Waals surface area (Å²) in [6, 6.07) is 0. The summed E-state index contributed by atoms with van der Waals surface area (Å²) in [7, 11) is 0. The molecule has 0 aliphatic rings. The first-order valence-corrected chi connectivity index (χ1v) is 22.8. The smallest absolute Gasteiger partial charge is 0.322 e. The SMILES string of the molecule is CCCCC/C=C\C/C=C\CCCCCCCCCC(=O)OC(CCCCC/C=C\C/C=C\CCCCCCC)CCCCCCCC(=O)NCC(=O)O. The number of ether oxygens (including phenoxy) is 1. The zero-order chi connectivity index (χ0) is 39.4. The van der Waals surface area contributed by atoms with Gasteiger partial charge in [0, 0.05) is 12.8 Å². The van der Waals surface area contributed by atoms with Crippen LogP contribution >= 0.6 is 0 Å². The summed E-state index contributed by atoms with van der Waals surface area (Å²) in [6.45, 7) is 4.19. The first-order chi connectivity index (χ1) is 26.5. The zero-order valence-electron chi connectivity index (χ0n) is 35.3. The van der Waals surface area contributed by atoms with Crippen LogP contribution in [0.2, 0.25) is 0 Å². The van der Waals surface area contributed by atoms with Crippen LogP contribution in [-0.4, -0.2) is 35.6 Å². The number of aliphatic carboxylic acids is 1. The fraction of sp³-hybridized carbons (Fsp3) is 0.771. The quantitative estimate of drug-likeness (QED) is 0.0368. The number of carbonyl (C=O) groups excluding carboxylic acids is 2. The first kappa shape index (κ1) is 51.4. The van der Waals surface area contributed by atoms with Crippen molar-refractivity contribution in [2.24, 2.45) is 0 Å². The Balaban J connectivity index is 4.23. The van der Waals surface area contributed by atoms with Gasteiger partial charge in [0.05, 0.1) is 0 Å². The highest BCUT2D eigenvalue weighted by molar-refractivity contribution is 5.80. The van der Waals surface area contributed by atoms with Gasteiger partial charge in [0.15, 0.2) is 0 Å². The van der Waals surface area contributed by atoms with Gasteiger partial charge in [-0.1, -0.05) is 159 Å². The number of carboxylic acid groups (broad SMARTS) is 1. The molecule has 0 rings (SSSR count). The third kappa shape index (κ3) is 42.1. The van der Waals surface area contributed by atoms with Crippen molar-refractivity contribution in [2.75, 3.05) is 6.54 Å². The van der Waals surface area contributed by atoms with Gasteiger partial charge in [-0.3, -0.25) is 14.4 Å². The van der Waals surface area contributed by atoms with Crippen LogP contribution in [0.25, 0.3) is 0 Å². The number of amides is 1. The molecule has 0 aliphatic carbocycles. The van der Waals surface area contributed by atoms with Crippen LogP contribution in [0.4, 0.5) is 0 Å². The van der Waals surface area contributed by atoms with Gasteiger partial charge in [-0.25, -0.2) is 0 Å². The molecule has 0 aromatic heterocycles. The minimum Gasteiger partial charge on any atom is -0.480 e. The minimum atomic E-state index is -1.02. The van der Waals surface area contributed by atoms with Crippen molar-refractivity contribution in [1.29, 1.82) is 0 Å². The molecule has 2 N–H and O–H groups in total. The van der Waals surface area contributed by atoms with E-state index in [-0.39, 0.29) is 24.5 Å². The standard InChI is InChI=1S/C48H85NO5/c1-3-5-7-9-11-13-15-17-19-20-22-24-26-28-30-35-39-43-48(53)54-45(41-37-33-31-34-38-42-46(50)49-44-47(51)52)40-36-32-29-27-25-23-21-18-16-14-12-10-8-6-4-2/h11,13,16-19,23,25,45H,3-10,12,14-15,20-22,24,26-44H2,1-2H3,(H,49,50)(H,51,52)/b13-11-,18-16-,19-17-,25-23-. The Bertz CT molecular complexity index is 968. The second-order valence-electron chi connectivity index (χ2n) is 15.3. The molecule has 0 aromatic rings. The lowest BCUT2D eigenvalue weighted by atomic mass is 10.0. The Labute approximate surface area is 333 Å². The topological polar surface area (TPSA) is 92.7 Å². The van der Waals surface area contributed by atoms with Crippen LogP contribution in [0.3, 0.4) is 0 Å². The number of allylic oxidation sites excluding steroid dienone is 8. The molecule has 0 bridgehead atoms. The van der Waals surface area contributed by atoms with Crippen LogP contribution in [0, 0.1) is 0 Å². The molecule has 0 heterocycles. The summed E-state index contributed by atoms with van der Waals surface area (Å²) in [5.41, 5.74) is 0. The highest BCUT2D eigenvalue weighted by Gasteiger charge is 2.14. The van der Waals surface area contributed by atoms with Crippen molar-refractivity contribution in [1.82, 2.24) is 5.32 Å². The maximum atomic E-state index is 12.8. The van der Waals surface area contributed by atoms with Gasteiger partial charge < -0.3 is 15.2 Å². The van der Waals surface area contributed by atoms with E-state index in [1.165, 1.54) is 109 Å². The van der Waals surface area contributed by atoms with Crippen LogP contribution in [0.15, 0.2) is 48.6 Å². The van der Waals surface area contributed by atoms with Gasteiger partial charge in [-0.05, 0) is 103 Å². The highest BCUT2D eigenvalue weighted by atomic mass is 16.5. The van der Waals surface area contributed by atoms with Gasteiger partial charge in [0.25, 0.3) is 0 Å². The maximum Gasteiger partial charge on any atom is 0.322 e. The van der Waals surface area contributed by atoms with E-state index in [1.54, 1.807) is 0 Å². The van der Waals surface area contributed by atoms with E-state index in [0.717, 1.165) is 89.9 Å². The number of unbranched alkanes of at least 4 members (excludes halogenated alkanes) is 22. The molecule has 0 saturated heterocycles. The van der Waals surface area contributed by atoms with Crippen molar-refractivity contribution < 1.29 is 24.2 Å². The molecule has 1 amide bonds. The Kier molecular flexibility index (Phi) is 41.0. The molecule has 1 atom stereocenters. The number of esters is 1. The average molecular weight is 756 g/mol. The first-order valence-electron chi connectivity index (χ1n) is 22.8. The van der Waals surface area contributed by atoms with E-state index < -0.39 is 5.97 Å². The molecular formula is C48H85NO5. The van der Waals surface area contributed by atoms with E-state index in [1.807, 2.05) is 0 Å². The lowest BCUT2D eigenvalue weighted by molar-refractivity contribution is -0.150. The summed E-state index contributed by atoms with van der Waals surface area (Å²) in [5, 5.41) is 11.1. The molecule has 0 fully saturated rings. The predicted octanol–water partition coefficient (Wildman–Crippen LogP) is 14.2. The van der Waals surface area contributed by atoms with Crippen LogP contribution in [0.5, 0.6) is 0 Å². The fourth-order valence-corrected chi connectivity index (χ4v) is 6.58. The molecule has 6 heteroatoms. The molecule has 54 heavy (non-hydrogen) atoms. The molecule has 0 radical (unpaired) electrons. The molecular weight excluding hydrogens is 671 g/mol. The molecule has 6 nitrogen and oxygen atoms in total. The van der Waals surface area contributed by atoms with Gasteiger partial charge in [0.1, 0.15) is 12.6 Å². The number of nitrogens with one attached hydrogen (secondary N) is 1. The normalized spacial score (nSPS) is 12.5. The number of carbonyl (C=O) groups is 3. The van der Waals surface area contributed by atoms with Gasteiger partial charge in [-0.2, -0.15) is 0 Å². The van der Waals surface area contributed by atoms with E-state index in [2.05, 4.69) is 67.8 Å². The highest BCUT2D eigenvalue weighted by Crippen LogP contribution is 2.18. The Hall–Kier alpha value is -2.63.